The van der Waals surface area contributed by atoms with Crippen molar-refractivity contribution < 1.29 is 0 Å². The number of hydrogen-bond donors (Lipinski definition) is 0. The van der Waals surface area contributed by atoms with Gasteiger partial charge in [0.1, 0.15) is 6.07 Å². The van der Waals surface area contributed by atoms with Crippen molar-refractivity contribution in [3.63, 3.8) is 0 Å². The second-order valence-corrected chi connectivity index (χ2v) is 12.3. The molecule has 0 aliphatic heterocycles. The standard InChI is InChI=1S/C45H25N5/c46-26-29-9-7-11-33(23-29)49-42-18-6-4-14-36(42)39-16-8-15-38(45(39)49)35-13-3-2-12-34(35)31-20-21-37-40-24-30(27-47)19-22-43(40)50(44(37)25-31)41-17-5-1-10-32(41)28-48/h1-25H. The average molecular weight is 636 g/mol. The molecule has 5 heteroatoms. The van der Waals surface area contributed by atoms with Gasteiger partial charge in [-0.2, -0.15) is 15.8 Å². The van der Waals surface area contributed by atoms with E-state index >= 15 is 0 Å². The highest BCUT2D eigenvalue weighted by Gasteiger charge is 2.20. The zero-order valence-corrected chi connectivity index (χ0v) is 26.7. The van der Waals surface area contributed by atoms with Crippen LogP contribution in [-0.4, -0.2) is 9.13 Å². The highest BCUT2D eigenvalue weighted by atomic mass is 15.0. The molecule has 0 saturated carbocycles. The van der Waals surface area contributed by atoms with Gasteiger partial charge in [-0.25, -0.2) is 0 Å². The maximum Gasteiger partial charge on any atom is 0.101 e. The summed E-state index contributed by atoms with van der Waals surface area (Å²) in [6.45, 7) is 0. The first kappa shape index (κ1) is 28.8. The van der Waals surface area contributed by atoms with E-state index in [1.807, 2.05) is 60.7 Å². The Morgan fingerprint density at radius 1 is 0.400 bits per heavy atom. The fraction of sp³-hybridized carbons (Fsp3) is 0. The van der Waals surface area contributed by atoms with E-state index < -0.39 is 0 Å². The summed E-state index contributed by atoms with van der Waals surface area (Å²) in [5, 5.41) is 33.8. The van der Waals surface area contributed by atoms with Crippen LogP contribution in [0.15, 0.2) is 152 Å². The first-order valence-electron chi connectivity index (χ1n) is 16.3. The molecule has 0 unspecified atom stereocenters. The minimum absolute atomic E-state index is 0.571. The minimum Gasteiger partial charge on any atom is -0.309 e. The lowest BCUT2D eigenvalue weighted by Gasteiger charge is -2.15. The van der Waals surface area contributed by atoms with Gasteiger partial charge in [0.25, 0.3) is 0 Å². The van der Waals surface area contributed by atoms with E-state index in [0.717, 1.165) is 77.2 Å². The molecule has 0 bridgehead atoms. The summed E-state index contributed by atoms with van der Waals surface area (Å²) in [5.74, 6) is 0. The maximum atomic E-state index is 10.1. The highest BCUT2D eigenvalue weighted by Crippen LogP contribution is 2.43. The predicted molar refractivity (Wildman–Crippen MR) is 200 cm³/mol. The smallest absolute Gasteiger partial charge is 0.101 e. The number of nitriles is 3. The van der Waals surface area contributed by atoms with Crippen LogP contribution in [0.3, 0.4) is 0 Å². The second kappa shape index (κ2) is 11.4. The molecule has 0 fully saturated rings. The van der Waals surface area contributed by atoms with Crippen LogP contribution in [0.2, 0.25) is 0 Å². The van der Waals surface area contributed by atoms with E-state index in [-0.39, 0.29) is 0 Å². The topological polar surface area (TPSA) is 81.2 Å². The SMILES string of the molecule is N#Cc1cccc(-n2c3ccccc3c3cccc(-c4ccccc4-c4ccc5c6cc(C#N)ccc6n(-c6ccccc6C#N)c5c4)c32)c1. The number of para-hydroxylation sites is 3. The summed E-state index contributed by atoms with van der Waals surface area (Å²) in [7, 11) is 0. The van der Waals surface area contributed by atoms with Gasteiger partial charge in [0.15, 0.2) is 0 Å². The van der Waals surface area contributed by atoms with E-state index in [2.05, 4.69) is 118 Å². The monoisotopic (exact) mass is 635 g/mol. The van der Waals surface area contributed by atoms with E-state index in [1.165, 1.54) is 0 Å². The minimum atomic E-state index is 0.571. The van der Waals surface area contributed by atoms with Crippen LogP contribution in [-0.2, 0) is 0 Å². The first-order valence-corrected chi connectivity index (χ1v) is 16.3. The fourth-order valence-electron chi connectivity index (χ4n) is 7.47. The number of benzene rings is 7. The van der Waals surface area contributed by atoms with Crippen LogP contribution in [0.1, 0.15) is 16.7 Å². The Morgan fingerprint density at radius 2 is 1.08 bits per heavy atom. The number of rotatable bonds is 4. The number of aromatic nitrogens is 2. The van der Waals surface area contributed by atoms with E-state index in [9.17, 15) is 15.8 Å². The van der Waals surface area contributed by atoms with Crippen molar-refractivity contribution in [3.05, 3.63) is 168 Å². The van der Waals surface area contributed by atoms with Crippen LogP contribution in [0.5, 0.6) is 0 Å². The van der Waals surface area contributed by atoms with Crippen LogP contribution in [0.4, 0.5) is 0 Å². The van der Waals surface area contributed by atoms with Gasteiger partial charge in [-0.05, 0) is 77.4 Å². The Kier molecular flexibility index (Phi) is 6.56. The number of nitrogens with zero attached hydrogens (tertiary/aromatic N) is 5. The molecule has 0 aliphatic rings. The van der Waals surface area contributed by atoms with Gasteiger partial charge in [0, 0.05) is 32.8 Å². The molecule has 0 N–H and O–H groups in total. The Labute approximate surface area is 287 Å². The van der Waals surface area contributed by atoms with E-state index in [1.54, 1.807) is 0 Å². The lowest BCUT2D eigenvalue weighted by molar-refractivity contribution is 1.17. The van der Waals surface area contributed by atoms with Gasteiger partial charge in [-0.3, -0.25) is 0 Å². The molecule has 5 nitrogen and oxygen atoms in total. The lowest BCUT2D eigenvalue weighted by Crippen LogP contribution is -1.98. The van der Waals surface area contributed by atoms with E-state index in [4.69, 9.17) is 0 Å². The van der Waals surface area contributed by atoms with Crippen molar-refractivity contribution >= 4 is 43.6 Å². The average Bonchev–Trinajstić information content (AvgIpc) is 3.70. The quantitative estimate of drug-likeness (QED) is 0.193. The summed E-state index contributed by atoms with van der Waals surface area (Å²) in [4.78, 5) is 0. The molecule has 2 aromatic heterocycles. The van der Waals surface area contributed by atoms with Gasteiger partial charge in [-0.15, -0.1) is 0 Å². The normalized spacial score (nSPS) is 11.1. The third kappa shape index (κ3) is 4.31. The highest BCUT2D eigenvalue weighted by molar-refractivity contribution is 6.15. The largest absolute Gasteiger partial charge is 0.309 e. The molecule has 7 aromatic carbocycles. The Hall–Kier alpha value is -7.39. The summed E-state index contributed by atoms with van der Waals surface area (Å²) >= 11 is 0. The van der Waals surface area contributed by atoms with Gasteiger partial charge in [0.05, 0.1) is 56.6 Å². The molecule has 0 aliphatic carbocycles. The molecular weight excluding hydrogens is 611 g/mol. The van der Waals surface area contributed by atoms with Crippen LogP contribution >= 0.6 is 0 Å². The summed E-state index contributed by atoms with van der Waals surface area (Å²) in [6, 6.07) is 57.9. The Morgan fingerprint density at radius 3 is 1.94 bits per heavy atom. The van der Waals surface area contributed by atoms with Crippen molar-refractivity contribution in [3.8, 4) is 51.8 Å². The predicted octanol–water partition coefficient (Wildman–Crippen LogP) is 10.8. The molecule has 2 heterocycles. The summed E-state index contributed by atoms with van der Waals surface area (Å²) in [6.07, 6.45) is 0. The number of hydrogen-bond acceptors (Lipinski definition) is 3. The fourth-order valence-corrected chi connectivity index (χ4v) is 7.47. The molecule has 0 saturated heterocycles. The third-order valence-electron chi connectivity index (χ3n) is 9.62. The number of fused-ring (bicyclic) bond motifs is 6. The van der Waals surface area contributed by atoms with Gasteiger partial charge >= 0.3 is 0 Å². The van der Waals surface area contributed by atoms with Gasteiger partial charge in [-0.1, -0.05) is 91.0 Å². The van der Waals surface area contributed by atoms with Crippen LogP contribution < -0.4 is 0 Å². The summed E-state index contributed by atoms with van der Waals surface area (Å²) < 4.78 is 4.40. The summed E-state index contributed by atoms with van der Waals surface area (Å²) in [5.41, 5.74) is 11.7. The zero-order valence-electron chi connectivity index (χ0n) is 26.7. The molecule has 0 radical (unpaired) electrons. The van der Waals surface area contributed by atoms with Crippen LogP contribution in [0, 0.1) is 34.0 Å². The van der Waals surface area contributed by atoms with E-state index in [0.29, 0.717) is 16.7 Å². The molecule has 0 atom stereocenters. The maximum absolute atomic E-state index is 10.1. The Bertz CT molecular complexity index is 2970. The zero-order chi connectivity index (χ0) is 33.8. The van der Waals surface area contributed by atoms with Crippen molar-refractivity contribution in [2.24, 2.45) is 0 Å². The van der Waals surface area contributed by atoms with Gasteiger partial charge < -0.3 is 9.13 Å². The molecular formula is C45H25N5. The third-order valence-corrected chi connectivity index (χ3v) is 9.62. The second-order valence-electron chi connectivity index (χ2n) is 12.3. The van der Waals surface area contributed by atoms with Crippen molar-refractivity contribution in [2.45, 2.75) is 0 Å². The molecule has 0 amide bonds. The van der Waals surface area contributed by atoms with Gasteiger partial charge in [0.2, 0.25) is 0 Å². The molecule has 50 heavy (non-hydrogen) atoms. The van der Waals surface area contributed by atoms with Crippen molar-refractivity contribution in [1.29, 1.82) is 15.8 Å². The first-order chi connectivity index (χ1) is 24.7. The van der Waals surface area contributed by atoms with Crippen LogP contribution in [0.25, 0.3) is 77.2 Å². The Balaban J connectivity index is 1.34. The van der Waals surface area contributed by atoms with Crippen molar-refractivity contribution in [2.75, 3.05) is 0 Å². The van der Waals surface area contributed by atoms with Crippen molar-refractivity contribution in [1.82, 2.24) is 9.13 Å². The molecule has 9 aromatic rings. The molecule has 230 valence electrons. The lowest BCUT2D eigenvalue weighted by atomic mass is 9.92. The molecule has 9 rings (SSSR count). The molecule has 0 spiro atoms.